The van der Waals surface area contributed by atoms with Crippen LogP contribution in [0.3, 0.4) is 0 Å². The highest BCUT2D eigenvalue weighted by Crippen LogP contribution is 2.64. The van der Waals surface area contributed by atoms with Crippen molar-refractivity contribution in [2.45, 2.75) is 60.5 Å². The molecule has 0 aromatic heterocycles. The van der Waals surface area contributed by atoms with Crippen molar-refractivity contribution >= 4 is 0 Å². The zero-order chi connectivity index (χ0) is 26.4. The third-order valence-electron chi connectivity index (χ3n) is 4.17. The van der Waals surface area contributed by atoms with Gasteiger partial charge in [-0.15, -0.1) is 0 Å². The van der Waals surface area contributed by atoms with E-state index in [9.17, 15) is 74.6 Å². The Balaban J connectivity index is 6.47. The number of rotatable bonds is 11. The quantitative estimate of drug-likeness (QED) is 0.358. The predicted octanol–water partition coefficient (Wildman–Crippen LogP) is 5.38. The van der Waals surface area contributed by atoms with E-state index < -0.39 is 79.6 Å². The molecule has 2 nitrogen and oxygen atoms in total. The molecule has 194 valence electrons. The van der Waals surface area contributed by atoms with Gasteiger partial charge in [0.25, 0.3) is 0 Å². The molecule has 0 heterocycles. The second kappa shape index (κ2) is 8.50. The molecule has 0 amide bonds. The van der Waals surface area contributed by atoms with Crippen LogP contribution in [0, 0.1) is 5.92 Å². The van der Waals surface area contributed by atoms with Gasteiger partial charge in [-0.05, 0) is 6.42 Å². The normalized spacial score (nSPS) is 16.1. The van der Waals surface area contributed by atoms with Crippen LogP contribution >= 0.6 is 0 Å². The molecular formula is C13H11F17O2. The Kier molecular flexibility index (Phi) is 8.16. The van der Waals surface area contributed by atoms with Gasteiger partial charge in [-0.1, -0.05) is 0 Å². The molecule has 0 aliphatic carbocycles. The number of hydrogen-bond acceptors (Lipinski definition) is 2. The first-order valence-electron chi connectivity index (χ1n) is 7.67. The maximum Gasteiger partial charge on any atom is 0.460 e. The van der Waals surface area contributed by atoms with E-state index in [-0.39, 0.29) is 0 Å². The van der Waals surface area contributed by atoms with Gasteiger partial charge in [0.2, 0.25) is 0 Å². The van der Waals surface area contributed by atoms with Crippen LogP contribution in [0.15, 0.2) is 0 Å². The largest absolute Gasteiger partial charge is 0.460 e. The lowest BCUT2D eigenvalue weighted by atomic mass is 9.87. The van der Waals surface area contributed by atoms with Gasteiger partial charge in [-0.2, -0.15) is 74.6 Å². The molecule has 32 heavy (non-hydrogen) atoms. The maximum absolute atomic E-state index is 13.5. The topological polar surface area (TPSA) is 40.5 Å². The molecule has 0 saturated heterocycles. The van der Waals surface area contributed by atoms with Crippen LogP contribution < -0.4 is 0 Å². The van der Waals surface area contributed by atoms with Gasteiger partial charge in [0, 0.05) is 25.6 Å². The van der Waals surface area contributed by atoms with E-state index in [1.807, 2.05) is 0 Å². The van der Waals surface area contributed by atoms with E-state index in [1.54, 1.807) is 0 Å². The summed E-state index contributed by atoms with van der Waals surface area (Å²) >= 11 is 0. The van der Waals surface area contributed by atoms with Crippen LogP contribution in [0.4, 0.5) is 74.6 Å². The van der Waals surface area contributed by atoms with Gasteiger partial charge < -0.3 is 10.2 Å². The van der Waals surface area contributed by atoms with Crippen LogP contribution in [0.1, 0.15) is 12.8 Å². The van der Waals surface area contributed by atoms with Crippen LogP contribution in [0.25, 0.3) is 0 Å². The van der Waals surface area contributed by atoms with Gasteiger partial charge in [-0.3, -0.25) is 0 Å². The Morgan fingerprint density at radius 1 is 0.438 bits per heavy atom. The molecule has 0 unspecified atom stereocenters. The van der Waals surface area contributed by atoms with Crippen LogP contribution in [0.5, 0.6) is 0 Å². The average Bonchev–Trinajstić information content (AvgIpc) is 2.60. The zero-order valence-corrected chi connectivity index (χ0v) is 14.7. The minimum absolute atomic E-state index is 1.26. The fourth-order valence-corrected chi connectivity index (χ4v) is 1.98. The lowest BCUT2D eigenvalue weighted by molar-refractivity contribution is -0.461. The predicted molar refractivity (Wildman–Crippen MR) is 67.6 cm³/mol. The van der Waals surface area contributed by atoms with E-state index in [1.165, 1.54) is 0 Å². The Bertz CT molecular complexity index is 635. The summed E-state index contributed by atoms with van der Waals surface area (Å²) < 4.78 is 221. The highest BCUT2D eigenvalue weighted by atomic mass is 19.4. The molecule has 0 rings (SSSR count). The Hall–Kier alpha value is -1.27. The Labute approximate surface area is 166 Å². The van der Waals surface area contributed by atoms with Crippen LogP contribution in [-0.4, -0.2) is 71.1 Å². The highest BCUT2D eigenvalue weighted by Gasteiger charge is 2.95. The summed E-state index contributed by atoms with van der Waals surface area (Å²) in [5.41, 5.74) is 0. The number of aliphatic hydroxyl groups excluding tert-OH is 2. The van der Waals surface area contributed by atoms with E-state index in [0.29, 0.717) is 0 Å². The van der Waals surface area contributed by atoms with Crippen molar-refractivity contribution in [2.75, 3.05) is 13.2 Å². The smallest absolute Gasteiger partial charge is 0.396 e. The minimum atomic E-state index is -8.65. The lowest BCUT2D eigenvalue weighted by Gasteiger charge is -2.43. The van der Waals surface area contributed by atoms with E-state index in [4.69, 9.17) is 10.2 Å². The Morgan fingerprint density at radius 2 is 0.719 bits per heavy atom. The molecule has 0 fully saturated rings. The number of alkyl halides is 17. The summed E-state index contributed by atoms with van der Waals surface area (Å²) in [6.07, 6.45) is -12.0. The molecule has 0 aliphatic heterocycles. The highest BCUT2D eigenvalue weighted by molar-refractivity contribution is 5.15. The van der Waals surface area contributed by atoms with Gasteiger partial charge in [0.05, 0.1) is 0 Å². The monoisotopic (exact) mass is 522 g/mol. The standard InChI is InChI=1S/C13H11F17O2/c14-6(15,2-1-5(3-31)4-32)7(16,17)8(18,19)9(20,21)10(22,23)11(24,25)12(26,27)13(28,29)30/h5,31-32H,1-4H2. The van der Waals surface area contributed by atoms with E-state index >= 15 is 0 Å². The van der Waals surface area contributed by atoms with Crippen molar-refractivity contribution in [3.05, 3.63) is 0 Å². The summed E-state index contributed by atoms with van der Waals surface area (Å²) in [5, 5.41) is 17.1. The minimum Gasteiger partial charge on any atom is -0.396 e. The molecule has 0 bridgehead atoms. The molecular weight excluding hydrogens is 511 g/mol. The first-order valence-corrected chi connectivity index (χ1v) is 7.67. The fourth-order valence-electron chi connectivity index (χ4n) is 1.98. The van der Waals surface area contributed by atoms with Crippen molar-refractivity contribution in [1.29, 1.82) is 0 Å². The van der Waals surface area contributed by atoms with Crippen molar-refractivity contribution in [3.8, 4) is 0 Å². The summed E-state index contributed by atoms with van der Waals surface area (Å²) in [6, 6.07) is 0. The number of aliphatic hydroxyl groups is 2. The molecule has 2 N–H and O–H groups in total. The van der Waals surface area contributed by atoms with Crippen LogP contribution in [-0.2, 0) is 0 Å². The third kappa shape index (κ3) is 4.29. The van der Waals surface area contributed by atoms with Crippen LogP contribution in [0.2, 0.25) is 0 Å². The zero-order valence-electron chi connectivity index (χ0n) is 14.7. The second-order valence-electron chi connectivity index (χ2n) is 6.42. The van der Waals surface area contributed by atoms with Gasteiger partial charge in [0.15, 0.2) is 0 Å². The fraction of sp³-hybridized carbons (Fsp3) is 1.00. The third-order valence-corrected chi connectivity index (χ3v) is 4.17. The van der Waals surface area contributed by atoms with Crippen molar-refractivity contribution in [1.82, 2.24) is 0 Å². The van der Waals surface area contributed by atoms with Crippen molar-refractivity contribution < 1.29 is 84.9 Å². The van der Waals surface area contributed by atoms with E-state index in [0.717, 1.165) is 0 Å². The molecule has 0 saturated carbocycles. The number of hydrogen-bond donors (Lipinski definition) is 2. The summed E-state index contributed by atoms with van der Waals surface area (Å²) in [7, 11) is 0. The summed E-state index contributed by atoms with van der Waals surface area (Å²) in [5.74, 6) is -58.3. The van der Waals surface area contributed by atoms with Gasteiger partial charge in [-0.25, -0.2) is 0 Å². The summed E-state index contributed by atoms with van der Waals surface area (Å²) in [4.78, 5) is 0. The summed E-state index contributed by atoms with van der Waals surface area (Å²) in [6.45, 7) is -2.52. The maximum atomic E-state index is 13.5. The molecule has 0 aliphatic rings. The Morgan fingerprint density at radius 3 is 1.00 bits per heavy atom. The van der Waals surface area contributed by atoms with Crippen molar-refractivity contribution in [2.24, 2.45) is 5.92 Å². The molecule has 0 atom stereocenters. The second-order valence-corrected chi connectivity index (χ2v) is 6.42. The molecule has 0 radical (unpaired) electrons. The van der Waals surface area contributed by atoms with Crippen molar-refractivity contribution in [3.63, 3.8) is 0 Å². The number of halogens is 17. The first kappa shape index (κ1) is 30.7. The van der Waals surface area contributed by atoms with E-state index in [2.05, 4.69) is 0 Å². The first-order chi connectivity index (χ1) is 13.7. The lowest BCUT2D eigenvalue weighted by Crippen LogP contribution is -2.74. The average molecular weight is 522 g/mol. The van der Waals surface area contributed by atoms with Gasteiger partial charge in [0.1, 0.15) is 0 Å². The SMILES string of the molecule is OCC(CO)CCC(F)(F)C(F)(F)C(F)(F)C(F)(F)C(F)(F)C(F)(F)C(F)(F)C(F)(F)F. The van der Waals surface area contributed by atoms with Gasteiger partial charge >= 0.3 is 47.6 Å². The molecule has 19 heteroatoms. The molecule has 0 aromatic carbocycles. The molecule has 0 spiro atoms. The molecule has 0 aromatic rings.